The molecule has 0 unspecified atom stereocenters. The molecule has 2 aliphatic rings. The van der Waals surface area contributed by atoms with Crippen LogP contribution in [0.15, 0.2) is 29.2 Å². The Morgan fingerprint density at radius 1 is 1.32 bits per heavy atom. The van der Waals surface area contributed by atoms with Crippen LogP contribution in [0.4, 0.5) is 0 Å². The minimum atomic E-state index is -0.358. The molecule has 2 aromatic rings. The van der Waals surface area contributed by atoms with Crippen molar-refractivity contribution in [3.63, 3.8) is 0 Å². The predicted molar refractivity (Wildman–Crippen MR) is 87.7 cm³/mol. The molecule has 2 aromatic heterocycles. The number of hydrogen-bond donors (Lipinski definition) is 1. The maximum atomic E-state index is 12.5. The quantitative estimate of drug-likeness (QED) is 0.800. The second-order valence-corrected chi connectivity index (χ2v) is 6.84. The van der Waals surface area contributed by atoms with Gasteiger partial charge in [-0.25, -0.2) is 9.48 Å². The minimum absolute atomic E-state index is 0.164. The van der Waals surface area contributed by atoms with Crippen molar-refractivity contribution < 1.29 is 14.3 Å². The van der Waals surface area contributed by atoms with E-state index in [1.54, 1.807) is 24.4 Å². The number of carbonyl (C=O) groups is 2. The van der Waals surface area contributed by atoms with Gasteiger partial charge in [0, 0.05) is 12.2 Å². The summed E-state index contributed by atoms with van der Waals surface area (Å²) >= 11 is 0. The lowest BCUT2D eigenvalue weighted by molar-refractivity contribution is -0.148. The Hall–Kier alpha value is -2.64. The third kappa shape index (κ3) is 2.61. The van der Waals surface area contributed by atoms with Crippen LogP contribution < -0.4 is 11.0 Å². The Labute approximate surface area is 143 Å². The normalized spacial score (nSPS) is 27.6. The van der Waals surface area contributed by atoms with Crippen LogP contribution >= 0.6 is 0 Å². The lowest BCUT2D eigenvalue weighted by Crippen LogP contribution is -2.48. The van der Waals surface area contributed by atoms with Gasteiger partial charge in [0.2, 0.25) is 5.91 Å². The number of fused-ring (bicyclic) bond motifs is 3. The van der Waals surface area contributed by atoms with Crippen molar-refractivity contribution in [1.29, 1.82) is 0 Å². The molecule has 8 heteroatoms. The van der Waals surface area contributed by atoms with Crippen molar-refractivity contribution in [3.05, 3.63) is 34.9 Å². The zero-order chi connectivity index (χ0) is 17.6. The van der Waals surface area contributed by atoms with E-state index in [2.05, 4.69) is 10.4 Å². The first-order valence-electron chi connectivity index (χ1n) is 8.50. The summed E-state index contributed by atoms with van der Waals surface area (Å²) in [5.41, 5.74) is 0.135. The molecule has 1 N–H and O–H groups in total. The van der Waals surface area contributed by atoms with Crippen LogP contribution in [0.2, 0.25) is 0 Å². The molecule has 8 nitrogen and oxygen atoms in total. The summed E-state index contributed by atoms with van der Waals surface area (Å²) in [5.74, 6) is -0.277. The first-order chi connectivity index (χ1) is 12.1. The van der Waals surface area contributed by atoms with Crippen molar-refractivity contribution >= 4 is 17.5 Å². The zero-order valence-electron chi connectivity index (χ0n) is 13.9. The number of rotatable bonds is 4. The molecule has 132 valence electrons. The number of ether oxygens (including phenoxy) is 1. The number of hydrogen-bond acceptors (Lipinski definition) is 5. The Morgan fingerprint density at radius 2 is 2.12 bits per heavy atom. The molecule has 2 fully saturated rings. The number of carbonyl (C=O) groups excluding carboxylic acids is 2. The van der Waals surface area contributed by atoms with Gasteiger partial charge in [0.25, 0.3) is 0 Å². The Balaban J connectivity index is 1.50. The fourth-order valence-electron chi connectivity index (χ4n) is 4.41. The molecule has 0 spiro atoms. The van der Waals surface area contributed by atoms with E-state index in [4.69, 9.17) is 4.74 Å². The van der Waals surface area contributed by atoms with Gasteiger partial charge in [-0.05, 0) is 43.2 Å². The van der Waals surface area contributed by atoms with E-state index in [-0.39, 0.29) is 42.0 Å². The molecular formula is C17H20N4O4. The summed E-state index contributed by atoms with van der Waals surface area (Å²) < 4.78 is 7.45. The zero-order valence-corrected chi connectivity index (χ0v) is 13.9. The van der Waals surface area contributed by atoms with E-state index in [1.165, 1.54) is 11.5 Å². The van der Waals surface area contributed by atoms with Gasteiger partial charge in [0.1, 0.15) is 6.54 Å². The molecule has 4 rings (SSSR count). The fourth-order valence-corrected chi connectivity index (χ4v) is 4.41. The molecule has 4 atom stereocenters. The number of esters is 1. The van der Waals surface area contributed by atoms with Crippen LogP contribution in [0.3, 0.4) is 0 Å². The maximum absolute atomic E-state index is 12.5. The highest BCUT2D eigenvalue weighted by Crippen LogP contribution is 2.48. The highest BCUT2D eigenvalue weighted by molar-refractivity contribution is 5.79. The van der Waals surface area contributed by atoms with Gasteiger partial charge in [-0.2, -0.15) is 0 Å². The van der Waals surface area contributed by atoms with Crippen LogP contribution in [0.5, 0.6) is 0 Å². The average Bonchev–Trinajstić information content (AvgIpc) is 3.29. The molecule has 0 radical (unpaired) electrons. The summed E-state index contributed by atoms with van der Waals surface area (Å²) in [6.07, 6.45) is 4.57. The lowest BCUT2D eigenvalue weighted by Gasteiger charge is -2.29. The molecule has 2 saturated carbocycles. The van der Waals surface area contributed by atoms with Gasteiger partial charge in [-0.1, -0.05) is 6.07 Å². The van der Waals surface area contributed by atoms with Gasteiger partial charge in [0.05, 0.1) is 13.0 Å². The summed E-state index contributed by atoms with van der Waals surface area (Å²) in [5, 5.41) is 7.11. The highest BCUT2D eigenvalue weighted by atomic mass is 16.5. The molecule has 25 heavy (non-hydrogen) atoms. The van der Waals surface area contributed by atoms with Crippen LogP contribution in [0.1, 0.15) is 19.3 Å². The first kappa shape index (κ1) is 15.9. The number of nitrogens with one attached hydrogen (secondary N) is 1. The maximum Gasteiger partial charge on any atom is 0.350 e. The largest absolute Gasteiger partial charge is 0.469 e. The van der Waals surface area contributed by atoms with E-state index < -0.39 is 0 Å². The second-order valence-electron chi connectivity index (χ2n) is 6.84. The standard InChI is InChI=1S/C17H20N4O4/c1-25-16(23)14-10-5-6-11(8-10)15(14)18-13(22)9-21-17(24)20-7-3-2-4-12(20)19-21/h2-4,7,10-11,14-15H,5-6,8-9H2,1H3,(H,18,22)/t10-,11-,14+,15-/m0/s1. The smallest absolute Gasteiger partial charge is 0.350 e. The summed E-state index contributed by atoms with van der Waals surface area (Å²) in [4.78, 5) is 36.8. The molecule has 0 saturated heterocycles. The SMILES string of the molecule is COC(=O)[C@@H]1[C@H]2CC[C@@H](C2)[C@@H]1NC(=O)Cn1nc2ccccn2c1=O. The molecule has 0 aromatic carbocycles. The van der Waals surface area contributed by atoms with Crippen LogP contribution in [0.25, 0.3) is 5.65 Å². The van der Waals surface area contributed by atoms with Crippen LogP contribution in [-0.4, -0.2) is 39.2 Å². The third-order valence-electron chi connectivity index (χ3n) is 5.50. The van der Waals surface area contributed by atoms with Gasteiger partial charge >= 0.3 is 11.7 Å². The Morgan fingerprint density at radius 3 is 2.88 bits per heavy atom. The monoisotopic (exact) mass is 344 g/mol. The summed E-state index contributed by atoms with van der Waals surface area (Å²) in [7, 11) is 1.38. The average molecular weight is 344 g/mol. The Bertz CT molecular complexity index is 886. The number of aromatic nitrogens is 3. The van der Waals surface area contributed by atoms with Crippen molar-refractivity contribution in [2.45, 2.75) is 31.8 Å². The van der Waals surface area contributed by atoms with Gasteiger partial charge in [-0.3, -0.25) is 14.0 Å². The van der Waals surface area contributed by atoms with Gasteiger partial charge in [0.15, 0.2) is 5.65 Å². The minimum Gasteiger partial charge on any atom is -0.469 e. The molecule has 2 aliphatic carbocycles. The number of amides is 1. The van der Waals surface area contributed by atoms with E-state index >= 15 is 0 Å². The first-order valence-corrected chi connectivity index (χ1v) is 8.50. The summed E-state index contributed by atoms with van der Waals surface area (Å²) in [6.45, 7) is -0.164. The van der Waals surface area contributed by atoms with E-state index in [1.807, 2.05) is 0 Å². The van der Waals surface area contributed by atoms with Crippen LogP contribution in [0, 0.1) is 17.8 Å². The molecular weight excluding hydrogens is 324 g/mol. The fraction of sp³-hybridized carbons (Fsp3) is 0.529. The number of pyridine rings is 1. The van der Waals surface area contributed by atoms with E-state index in [0.717, 1.165) is 23.9 Å². The van der Waals surface area contributed by atoms with Crippen molar-refractivity contribution in [1.82, 2.24) is 19.5 Å². The molecule has 0 aliphatic heterocycles. The number of nitrogens with zero attached hydrogens (tertiary/aromatic N) is 3. The topological polar surface area (TPSA) is 94.7 Å². The molecule has 2 heterocycles. The predicted octanol–water partition coefficient (Wildman–Crippen LogP) is 0.200. The van der Waals surface area contributed by atoms with Crippen LogP contribution in [-0.2, 0) is 20.9 Å². The third-order valence-corrected chi connectivity index (χ3v) is 5.50. The van der Waals surface area contributed by atoms with Crippen molar-refractivity contribution in [2.75, 3.05) is 7.11 Å². The highest BCUT2D eigenvalue weighted by Gasteiger charge is 2.51. The molecule has 2 bridgehead atoms. The van der Waals surface area contributed by atoms with E-state index in [0.29, 0.717) is 11.6 Å². The summed E-state index contributed by atoms with van der Waals surface area (Å²) in [6, 6.07) is 5.00. The molecule has 1 amide bonds. The Kier molecular flexibility index (Phi) is 3.82. The van der Waals surface area contributed by atoms with Crippen molar-refractivity contribution in [2.24, 2.45) is 17.8 Å². The van der Waals surface area contributed by atoms with Crippen molar-refractivity contribution in [3.8, 4) is 0 Å². The van der Waals surface area contributed by atoms with E-state index in [9.17, 15) is 14.4 Å². The second kappa shape index (κ2) is 6.02. The lowest BCUT2D eigenvalue weighted by atomic mass is 9.84. The van der Waals surface area contributed by atoms with Gasteiger partial charge < -0.3 is 10.1 Å². The van der Waals surface area contributed by atoms with Gasteiger partial charge in [-0.15, -0.1) is 5.10 Å². The number of methoxy groups -OCH3 is 1.